The minimum absolute atomic E-state index is 0.953. The number of imidazole rings is 1. The number of thioether (sulfide) groups is 1. The lowest BCUT2D eigenvalue weighted by Gasteiger charge is -2.04. The number of hydrogen-bond acceptors (Lipinski definition) is 1. The lowest BCUT2D eigenvalue weighted by atomic mass is 10.1. The first-order chi connectivity index (χ1) is 10.3. The van der Waals surface area contributed by atoms with Crippen LogP contribution in [-0.2, 0) is 12.9 Å². The molecule has 0 spiro atoms. The van der Waals surface area contributed by atoms with Gasteiger partial charge in [0, 0.05) is 5.56 Å². The zero-order chi connectivity index (χ0) is 14.4. The predicted molar refractivity (Wildman–Crippen MR) is 89.9 cm³/mol. The Hall–Kier alpha value is -2.00. The quantitative estimate of drug-likeness (QED) is 0.613. The van der Waals surface area contributed by atoms with E-state index in [0.29, 0.717) is 0 Å². The Kier molecular flexibility index (Phi) is 2.89. The summed E-state index contributed by atoms with van der Waals surface area (Å²) in [4.78, 5) is 0. The molecule has 1 aromatic heterocycles. The van der Waals surface area contributed by atoms with Crippen LogP contribution in [-0.4, -0.2) is 4.57 Å². The minimum Gasteiger partial charge on any atom is -0.226 e. The van der Waals surface area contributed by atoms with Gasteiger partial charge in [-0.3, -0.25) is 0 Å². The Morgan fingerprint density at radius 1 is 1.10 bits per heavy atom. The van der Waals surface area contributed by atoms with E-state index < -0.39 is 0 Å². The van der Waals surface area contributed by atoms with Crippen LogP contribution in [0, 0.1) is 6.92 Å². The highest BCUT2D eigenvalue weighted by molar-refractivity contribution is 8.01. The molecule has 0 N–H and O–H groups in total. The molecule has 2 nitrogen and oxygen atoms in total. The van der Waals surface area contributed by atoms with Crippen LogP contribution in [0.4, 0.5) is 0 Å². The maximum Gasteiger partial charge on any atom is 0.290 e. The highest BCUT2D eigenvalue weighted by atomic mass is 32.2. The van der Waals surface area contributed by atoms with E-state index in [-0.39, 0.29) is 0 Å². The molecule has 21 heavy (non-hydrogen) atoms. The van der Waals surface area contributed by atoms with Gasteiger partial charge < -0.3 is 0 Å². The summed E-state index contributed by atoms with van der Waals surface area (Å²) in [5, 5.41) is 2.20. The van der Waals surface area contributed by atoms with E-state index in [1.165, 1.54) is 33.5 Å². The first-order valence-corrected chi connectivity index (χ1v) is 8.17. The molecule has 0 amide bonds. The number of benzene rings is 2. The topological polar surface area (TPSA) is 8.81 Å². The first-order valence-electron chi connectivity index (χ1n) is 7.13. The Bertz CT molecular complexity index is 874. The van der Waals surface area contributed by atoms with Gasteiger partial charge in [0.25, 0.3) is 5.82 Å². The number of hydrogen-bond donors (Lipinski definition) is 0. The van der Waals surface area contributed by atoms with Crippen molar-refractivity contribution in [1.29, 1.82) is 0 Å². The predicted octanol–water partition coefficient (Wildman–Crippen LogP) is 4.12. The number of aromatic nitrogens is 2. The smallest absolute Gasteiger partial charge is 0.226 e. The average Bonchev–Trinajstić information content (AvgIpc) is 2.66. The summed E-state index contributed by atoms with van der Waals surface area (Å²) in [5.74, 6) is 2.24. The van der Waals surface area contributed by atoms with Crippen LogP contribution >= 0.6 is 11.8 Å². The van der Waals surface area contributed by atoms with Crippen molar-refractivity contribution in [3.63, 3.8) is 0 Å². The van der Waals surface area contributed by atoms with Crippen LogP contribution in [0.1, 0.15) is 11.1 Å². The van der Waals surface area contributed by atoms with Crippen molar-refractivity contribution in [1.82, 2.24) is 4.57 Å². The van der Waals surface area contributed by atoms with Gasteiger partial charge in [0.1, 0.15) is 5.88 Å². The fourth-order valence-electron chi connectivity index (χ4n) is 3.16. The van der Waals surface area contributed by atoms with Crippen LogP contribution in [0.5, 0.6) is 0 Å². The molecule has 0 atom stereocenters. The van der Waals surface area contributed by atoms with Gasteiger partial charge in [-0.1, -0.05) is 42.1 Å². The molecule has 0 bridgehead atoms. The molecule has 1 aliphatic rings. The van der Waals surface area contributed by atoms with Crippen LogP contribution in [0.2, 0.25) is 0 Å². The normalized spacial score (nSPS) is 13.6. The largest absolute Gasteiger partial charge is 0.290 e. The molecule has 4 rings (SSSR count). The number of nitrogens with zero attached hydrogens (tertiary/aromatic N) is 2. The number of rotatable bonds is 1. The van der Waals surface area contributed by atoms with Gasteiger partial charge in [-0.2, -0.15) is 0 Å². The van der Waals surface area contributed by atoms with Crippen LogP contribution in [0.25, 0.3) is 28.5 Å². The second-order valence-electron chi connectivity index (χ2n) is 5.44. The van der Waals surface area contributed by atoms with E-state index in [4.69, 9.17) is 0 Å². The van der Waals surface area contributed by atoms with Gasteiger partial charge >= 0.3 is 0 Å². The minimum atomic E-state index is 0.953. The molecule has 0 fully saturated rings. The SMILES string of the molecule is Cc1ccccc1-c1n(C)c2cccc3c2[n+]1CSC=C3. The maximum atomic E-state index is 2.44. The molecule has 104 valence electrons. The van der Waals surface area contributed by atoms with Crippen molar-refractivity contribution >= 4 is 28.9 Å². The van der Waals surface area contributed by atoms with Crippen LogP contribution < -0.4 is 4.57 Å². The number of aryl methyl sites for hydroxylation is 2. The standard InChI is InChI=1S/C18H17N2S/c1-13-6-3-4-8-15(13)18-19(2)16-9-5-7-14-10-11-21-12-20(18)17(14)16/h3-11H,12H2,1-2H3/q+1. The molecular weight excluding hydrogens is 276 g/mol. The fraction of sp³-hybridized carbons (Fsp3) is 0.167. The monoisotopic (exact) mass is 293 g/mol. The third-order valence-corrected chi connectivity index (χ3v) is 4.92. The number of para-hydroxylation sites is 1. The van der Waals surface area contributed by atoms with Gasteiger partial charge in [0.05, 0.1) is 12.6 Å². The van der Waals surface area contributed by atoms with Crippen LogP contribution in [0.15, 0.2) is 47.9 Å². The van der Waals surface area contributed by atoms with Crippen molar-refractivity contribution in [3.8, 4) is 11.4 Å². The molecule has 2 heterocycles. The van der Waals surface area contributed by atoms with Gasteiger partial charge in [0.15, 0.2) is 11.0 Å². The van der Waals surface area contributed by atoms with Crippen molar-refractivity contribution in [2.45, 2.75) is 12.8 Å². The molecule has 2 aromatic carbocycles. The highest BCUT2D eigenvalue weighted by Crippen LogP contribution is 2.29. The first kappa shape index (κ1) is 12.7. The molecular formula is C18H17N2S+. The summed E-state index contributed by atoms with van der Waals surface area (Å²) in [6, 6.07) is 15.2. The summed E-state index contributed by atoms with van der Waals surface area (Å²) in [5.41, 5.74) is 6.55. The van der Waals surface area contributed by atoms with Crippen molar-refractivity contribution in [3.05, 3.63) is 59.0 Å². The zero-order valence-electron chi connectivity index (χ0n) is 12.2. The molecule has 3 aromatic rings. The lowest BCUT2D eigenvalue weighted by Crippen LogP contribution is -2.34. The summed E-state index contributed by atoms with van der Waals surface area (Å²) >= 11 is 1.84. The summed E-state index contributed by atoms with van der Waals surface area (Å²) in [6.07, 6.45) is 2.22. The van der Waals surface area contributed by atoms with Crippen LogP contribution in [0.3, 0.4) is 0 Å². The maximum absolute atomic E-state index is 2.44. The van der Waals surface area contributed by atoms with E-state index in [1.54, 1.807) is 0 Å². The second kappa shape index (κ2) is 4.78. The lowest BCUT2D eigenvalue weighted by molar-refractivity contribution is -0.638. The van der Waals surface area contributed by atoms with Crippen molar-refractivity contribution < 1.29 is 4.57 Å². The van der Waals surface area contributed by atoms with Gasteiger partial charge in [0.2, 0.25) is 0 Å². The van der Waals surface area contributed by atoms with Crippen molar-refractivity contribution in [2.75, 3.05) is 0 Å². The third-order valence-electron chi connectivity index (χ3n) is 4.18. The highest BCUT2D eigenvalue weighted by Gasteiger charge is 2.27. The van der Waals surface area contributed by atoms with E-state index in [1.807, 2.05) is 11.8 Å². The Morgan fingerprint density at radius 3 is 2.81 bits per heavy atom. The molecule has 1 aliphatic heterocycles. The summed E-state index contributed by atoms with van der Waals surface area (Å²) in [7, 11) is 2.17. The summed E-state index contributed by atoms with van der Waals surface area (Å²) in [6.45, 7) is 2.18. The van der Waals surface area contributed by atoms with E-state index in [0.717, 1.165) is 5.88 Å². The van der Waals surface area contributed by atoms with Crippen molar-refractivity contribution in [2.24, 2.45) is 7.05 Å². The molecule has 0 aliphatic carbocycles. The molecule has 0 unspecified atom stereocenters. The molecule has 3 heteroatoms. The second-order valence-corrected chi connectivity index (χ2v) is 6.30. The zero-order valence-corrected chi connectivity index (χ0v) is 13.0. The van der Waals surface area contributed by atoms with E-state index in [2.05, 4.69) is 77.1 Å². The van der Waals surface area contributed by atoms with E-state index >= 15 is 0 Å². The fourth-order valence-corrected chi connectivity index (χ4v) is 3.89. The average molecular weight is 293 g/mol. The molecule has 0 saturated carbocycles. The Morgan fingerprint density at radius 2 is 1.95 bits per heavy atom. The molecule has 0 radical (unpaired) electrons. The Balaban J connectivity index is 2.15. The summed E-state index contributed by atoms with van der Waals surface area (Å²) < 4.78 is 4.76. The van der Waals surface area contributed by atoms with Gasteiger partial charge in [-0.05, 0) is 36.1 Å². The third kappa shape index (κ3) is 1.84. The Labute approximate surface area is 128 Å². The van der Waals surface area contributed by atoms with E-state index in [9.17, 15) is 0 Å². The van der Waals surface area contributed by atoms with Gasteiger partial charge in [-0.25, -0.2) is 9.13 Å². The van der Waals surface area contributed by atoms with Gasteiger partial charge in [-0.15, -0.1) is 0 Å². The molecule has 0 saturated heterocycles.